The first kappa shape index (κ1) is 13.0. The fraction of sp³-hybridized carbons (Fsp3) is 0.455. The summed E-state index contributed by atoms with van der Waals surface area (Å²) in [5.41, 5.74) is 2.34. The third kappa shape index (κ3) is 4.13. The molecule has 1 aromatic rings. The van der Waals surface area contributed by atoms with Gasteiger partial charge in [0.05, 0.1) is 5.69 Å². The van der Waals surface area contributed by atoms with Crippen LogP contribution in [-0.2, 0) is 4.74 Å². The fourth-order valence-corrected chi connectivity index (χ4v) is 2.99. The number of rotatable bonds is 5. The van der Waals surface area contributed by atoms with Gasteiger partial charge in [-0.3, -0.25) is 0 Å². The lowest BCUT2D eigenvalue weighted by Crippen LogP contribution is -2.05. The molecule has 0 bridgehead atoms. The quantitative estimate of drug-likeness (QED) is 0.821. The molecule has 1 rings (SSSR count). The van der Waals surface area contributed by atoms with Crippen LogP contribution in [0.2, 0.25) is 0 Å². The zero-order valence-electron chi connectivity index (χ0n) is 8.94. The van der Waals surface area contributed by atoms with Crippen molar-refractivity contribution < 1.29 is 4.74 Å². The van der Waals surface area contributed by atoms with Gasteiger partial charge in [0.25, 0.3) is 0 Å². The molecule has 0 atom stereocenters. The van der Waals surface area contributed by atoms with Crippen LogP contribution in [0.4, 0.5) is 5.69 Å². The van der Waals surface area contributed by atoms with Crippen molar-refractivity contribution in [3.63, 3.8) is 0 Å². The van der Waals surface area contributed by atoms with Gasteiger partial charge in [0, 0.05) is 29.2 Å². The van der Waals surface area contributed by atoms with E-state index in [1.54, 1.807) is 7.11 Å². The Morgan fingerprint density at radius 2 is 1.87 bits per heavy atom. The van der Waals surface area contributed by atoms with Crippen LogP contribution in [0.5, 0.6) is 0 Å². The summed E-state index contributed by atoms with van der Waals surface area (Å²) in [6, 6.07) is 4.20. The van der Waals surface area contributed by atoms with Crippen molar-refractivity contribution in [1.29, 1.82) is 0 Å². The Hall–Kier alpha value is -0.0600. The minimum atomic E-state index is 0.786. The van der Waals surface area contributed by atoms with Crippen molar-refractivity contribution in [1.82, 2.24) is 0 Å². The van der Waals surface area contributed by atoms with Crippen LogP contribution in [0.1, 0.15) is 12.0 Å². The van der Waals surface area contributed by atoms with Gasteiger partial charge in [-0.05, 0) is 62.9 Å². The van der Waals surface area contributed by atoms with E-state index in [-0.39, 0.29) is 0 Å². The van der Waals surface area contributed by atoms with Crippen molar-refractivity contribution in [2.75, 3.05) is 25.6 Å². The van der Waals surface area contributed by atoms with Crippen molar-refractivity contribution in [2.45, 2.75) is 13.3 Å². The van der Waals surface area contributed by atoms with Gasteiger partial charge < -0.3 is 10.1 Å². The SMILES string of the molecule is COCCCNc1c(Br)cc(C)cc1Br. The highest BCUT2D eigenvalue weighted by molar-refractivity contribution is 9.11. The van der Waals surface area contributed by atoms with Crippen LogP contribution in [0.3, 0.4) is 0 Å². The van der Waals surface area contributed by atoms with Crippen molar-refractivity contribution in [3.05, 3.63) is 26.6 Å². The summed E-state index contributed by atoms with van der Waals surface area (Å²) in [4.78, 5) is 0. The third-order valence-electron chi connectivity index (χ3n) is 2.01. The molecular formula is C11H15Br2NO. The highest BCUT2D eigenvalue weighted by Gasteiger charge is 2.04. The average molecular weight is 337 g/mol. The average Bonchev–Trinajstić information content (AvgIpc) is 2.15. The van der Waals surface area contributed by atoms with Gasteiger partial charge in [-0.15, -0.1) is 0 Å². The number of ether oxygens (including phenoxy) is 1. The summed E-state index contributed by atoms with van der Waals surface area (Å²) in [5.74, 6) is 0. The molecule has 0 spiro atoms. The van der Waals surface area contributed by atoms with Crippen LogP contribution >= 0.6 is 31.9 Å². The maximum Gasteiger partial charge on any atom is 0.0629 e. The summed E-state index contributed by atoms with van der Waals surface area (Å²) in [6.45, 7) is 3.77. The second kappa shape index (κ2) is 6.51. The Balaban J connectivity index is 2.60. The molecule has 2 nitrogen and oxygen atoms in total. The van der Waals surface area contributed by atoms with Crippen LogP contribution < -0.4 is 5.32 Å². The van der Waals surface area contributed by atoms with E-state index < -0.39 is 0 Å². The molecule has 0 aromatic heterocycles. The second-order valence-corrected chi connectivity index (χ2v) is 5.09. The number of aryl methyl sites for hydroxylation is 1. The summed E-state index contributed by atoms with van der Waals surface area (Å²) >= 11 is 7.09. The Morgan fingerprint density at radius 1 is 1.27 bits per heavy atom. The van der Waals surface area contributed by atoms with Gasteiger partial charge in [-0.25, -0.2) is 0 Å². The maximum atomic E-state index is 5.00. The van der Waals surface area contributed by atoms with E-state index in [2.05, 4.69) is 56.2 Å². The summed E-state index contributed by atoms with van der Waals surface area (Å²) in [5, 5.41) is 3.37. The highest BCUT2D eigenvalue weighted by atomic mass is 79.9. The predicted molar refractivity (Wildman–Crippen MR) is 71.6 cm³/mol. The lowest BCUT2D eigenvalue weighted by atomic mass is 10.2. The van der Waals surface area contributed by atoms with Gasteiger partial charge in [-0.2, -0.15) is 0 Å². The first-order chi connectivity index (χ1) is 7.15. The van der Waals surface area contributed by atoms with E-state index in [0.29, 0.717) is 0 Å². The molecule has 1 aromatic carbocycles. The van der Waals surface area contributed by atoms with Gasteiger partial charge in [0.1, 0.15) is 0 Å². The molecule has 0 unspecified atom stereocenters. The maximum absolute atomic E-state index is 5.00. The van der Waals surface area contributed by atoms with E-state index in [4.69, 9.17) is 4.74 Å². The number of nitrogens with one attached hydrogen (secondary N) is 1. The predicted octanol–water partition coefficient (Wildman–Crippen LogP) is 3.97. The molecule has 0 amide bonds. The zero-order valence-corrected chi connectivity index (χ0v) is 12.1. The van der Waals surface area contributed by atoms with E-state index in [1.165, 1.54) is 5.56 Å². The largest absolute Gasteiger partial charge is 0.385 e. The van der Waals surface area contributed by atoms with Crippen molar-refractivity contribution >= 4 is 37.5 Å². The standard InChI is InChI=1S/C11H15Br2NO/c1-8-6-9(12)11(10(13)7-8)14-4-3-5-15-2/h6-7,14H,3-5H2,1-2H3. The Labute approximate surface area is 108 Å². The van der Waals surface area contributed by atoms with E-state index in [0.717, 1.165) is 34.2 Å². The minimum absolute atomic E-state index is 0.786. The van der Waals surface area contributed by atoms with Gasteiger partial charge in [0.15, 0.2) is 0 Å². The monoisotopic (exact) mass is 335 g/mol. The molecule has 84 valence electrons. The summed E-state index contributed by atoms with van der Waals surface area (Å²) < 4.78 is 7.18. The van der Waals surface area contributed by atoms with Gasteiger partial charge in [0.2, 0.25) is 0 Å². The summed E-state index contributed by atoms with van der Waals surface area (Å²) in [6.07, 6.45) is 1.00. The van der Waals surface area contributed by atoms with Gasteiger partial charge in [-0.1, -0.05) is 0 Å². The number of hydrogen-bond acceptors (Lipinski definition) is 2. The van der Waals surface area contributed by atoms with Crippen molar-refractivity contribution in [3.8, 4) is 0 Å². The molecule has 0 fully saturated rings. The Bertz CT molecular complexity index is 305. The van der Waals surface area contributed by atoms with Crippen LogP contribution in [0.15, 0.2) is 21.1 Å². The number of anilines is 1. The van der Waals surface area contributed by atoms with Crippen LogP contribution in [0, 0.1) is 6.92 Å². The zero-order chi connectivity index (χ0) is 11.3. The van der Waals surface area contributed by atoms with Crippen LogP contribution in [0.25, 0.3) is 0 Å². The van der Waals surface area contributed by atoms with E-state index in [9.17, 15) is 0 Å². The Morgan fingerprint density at radius 3 is 2.40 bits per heavy atom. The number of benzene rings is 1. The molecule has 0 radical (unpaired) electrons. The molecule has 0 heterocycles. The fourth-order valence-electron chi connectivity index (χ4n) is 1.30. The molecule has 15 heavy (non-hydrogen) atoms. The third-order valence-corrected chi connectivity index (χ3v) is 3.26. The Kier molecular flexibility index (Phi) is 5.64. The lowest BCUT2D eigenvalue weighted by Gasteiger charge is -2.11. The molecular weight excluding hydrogens is 322 g/mol. The molecule has 0 saturated carbocycles. The number of methoxy groups -OCH3 is 1. The molecule has 4 heteroatoms. The van der Waals surface area contributed by atoms with E-state index in [1.807, 2.05) is 0 Å². The topological polar surface area (TPSA) is 21.3 Å². The molecule has 0 saturated heterocycles. The van der Waals surface area contributed by atoms with Crippen LogP contribution in [-0.4, -0.2) is 20.3 Å². The molecule has 0 aliphatic heterocycles. The van der Waals surface area contributed by atoms with Gasteiger partial charge >= 0.3 is 0 Å². The molecule has 0 aliphatic carbocycles. The number of halogens is 2. The first-order valence-electron chi connectivity index (χ1n) is 4.83. The molecule has 1 N–H and O–H groups in total. The minimum Gasteiger partial charge on any atom is -0.385 e. The molecule has 0 aliphatic rings. The number of hydrogen-bond donors (Lipinski definition) is 1. The normalized spacial score (nSPS) is 10.4. The first-order valence-corrected chi connectivity index (χ1v) is 6.42. The summed E-state index contributed by atoms with van der Waals surface area (Å²) in [7, 11) is 1.72. The lowest BCUT2D eigenvalue weighted by molar-refractivity contribution is 0.198. The highest BCUT2D eigenvalue weighted by Crippen LogP contribution is 2.32. The smallest absolute Gasteiger partial charge is 0.0629 e. The van der Waals surface area contributed by atoms with Crippen molar-refractivity contribution in [2.24, 2.45) is 0 Å². The second-order valence-electron chi connectivity index (χ2n) is 3.38. The van der Waals surface area contributed by atoms with E-state index >= 15 is 0 Å².